The second kappa shape index (κ2) is 5.94. The second-order valence-corrected chi connectivity index (χ2v) is 8.10. The van der Waals surface area contributed by atoms with Gasteiger partial charge < -0.3 is 15.2 Å². The van der Waals surface area contributed by atoms with Crippen LogP contribution in [0.25, 0.3) is 44.0 Å². The minimum atomic E-state index is -4.54. The molecule has 0 aliphatic carbocycles. The van der Waals surface area contributed by atoms with Crippen molar-refractivity contribution < 1.29 is 23.2 Å². The molecule has 4 N–H and O–H groups in total. The van der Waals surface area contributed by atoms with Gasteiger partial charge in [0.05, 0.1) is 16.5 Å². The van der Waals surface area contributed by atoms with Crippen molar-refractivity contribution >= 4 is 42.7 Å². The van der Waals surface area contributed by atoms with Crippen LogP contribution in [-0.2, 0) is 10.1 Å². The van der Waals surface area contributed by atoms with E-state index in [1.165, 1.54) is 24.3 Å². The number of nitrogens with one attached hydrogen (secondary N) is 1. The number of aromatic hydroxyl groups is 2. The maximum Gasteiger partial charge on any atom is 0.295 e. The minimum absolute atomic E-state index is 0.0330. The molecule has 4 aromatic carbocycles. The number of benzene rings is 4. The van der Waals surface area contributed by atoms with Crippen LogP contribution in [0.3, 0.4) is 0 Å². The molecule has 0 aliphatic rings. The number of phenols is 2. The van der Waals surface area contributed by atoms with Crippen molar-refractivity contribution in [2.24, 2.45) is 0 Å². The van der Waals surface area contributed by atoms with E-state index < -0.39 is 10.1 Å². The summed E-state index contributed by atoms with van der Waals surface area (Å²) in [5, 5.41) is 23.0. The summed E-state index contributed by atoms with van der Waals surface area (Å²) in [5.41, 5.74) is 1.05. The molecule has 0 amide bonds. The fourth-order valence-corrected chi connectivity index (χ4v) is 4.39. The number of aromatic nitrogens is 2. The van der Waals surface area contributed by atoms with Gasteiger partial charge in [-0.15, -0.1) is 0 Å². The molecule has 144 valence electrons. The standard InChI is InChI=1S/C21H14N2O5S/c24-16-7-3-6-13-17(29(26,27)28)10-15-19(18(13)16)23-21(22-15)14-9-8-11-4-1-2-5-12(11)20(14)25/h1-10,24-25H,(H,22,23)(H,26,27,28). The molecule has 5 aromatic rings. The van der Waals surface area contributed by atoms with E-state index in [1.807, 2.05) is 24.3 Å². The molecule has 0 unspecified atom stereocenters. The van der Waals surface area contributed by atoms with Gasteiger partial charge in [-0.2, -0.15) is 8.42 Å². The summed E-state index contributed by atoms with van der Waals surface area (Å²) in [6.07, 6.45) is 0. The van der Waals surface area contributed by atoms with Gasteiger partial charge in [0.2, 0.25) is 0 Å². The highest BCUT2D eigenvalue weighted by Crippen LogP contribution is 2.39. The fraction of sp³-hybridized carbons (Fsp3) is 0. The molecule has 0 aliphatic heterocycles. The number of hydrogen-bond donors (Lipinski definition) is 4. The lowest BCUT2D eigenvalue weighted by atomic mass is 10.1. The van der Waals surface area contributed by atoms with Gasteiger partial charge in [-0.25, -0.2) is 4.98 Å². The first kappa shape index (κ1) is 17.5. The van der Waals surface area contributed by atoms with Crippen molar-refractivity contribution in [1.29, 1.82) is 0 Å². The van der Waals surface area contributed by atoms with Crippen molar-refractivity contribution in [3.63, 3.8) is 0 Å². The minimum Gasteiger partial charge on any atom is -0.507 e. The average molecular weight is 406 g/mol. The van der Waals surface area contributed by atoms with Crippen LogP contribution in [0.1, 0.15) is 0 Å². The maximum atomic E-state index is 11.9. The lowest BCUT2D eigenvalue weighted by Crippen LogP contribution is -1.99. The Kier molecular flexibility index (Phi) is 3.58. The second-order valence-electron chi connectivity index (χ2n) is 6.71. The molecule has 0 fully saturated rings. The zero-order valence-corrected chi connectivity index (χ0v) is 15.6. The van der Waals surface area contributed by atoms with E-state index >= 15 is 0 Å². The van der Waals surface area contributed by atoms with Crippen molar-refractivity contribution in [2.45, 2.75) is 4.90 Å². The van der Waals surface area contributed by atoms with Gasteiger partial charge in [-0.1, -0.05) is 42.5 Å². The van der Waals surface area contributed by atoms with Crippen molar-refractivity contribution in [2.75, 3.05) is 0 Å². The highest BCUT2D eigenvalue weighted by Gasteiger charge is 2.21. The Labute approximate surface area is 164 Å². The number of nitrogens with zero attached hydrogens (tertiary/aromatic N) is 1. The number of aromatic amines is 1. The Hall–Kier alpha value is -3.62. The zero-order chi connectivity index (χ0) is 20.3. The number of phenolic OH excluding ortho intramolecular Hbond substituents is 2. The van der Waals surface area contributed by atoms with Crippen LogP contribution < -0.4 is 0 Å². The Morgan fingerprint density at radius 2 is 1.66 bits per heavy atom. The van der Waals surface area contributed by atoms with E-state index in [0.29, 0.717) is 27.8 Å². The molecule has 8 heteroatoms. The number of hydrogen-bond acceptors (Lipinski definition) is 5. The molecular weight excluding hydrogens is 392 g/mol. The van der Waals surface area contributed by atoms with Gasteiger partial charge in [-0.05, 0) is 23.6 Å². The molecule has 1 aromatic heterocycles. The third-order valence-electron chi connectivity index (χ3n) is 4.99. The predicted octanol–water partition coefficient (Wildman–Crippen LogP) is 4.19. The summed E-state index contributed by atoms with van der Waals surface area (Å²) in [6, 6.07) is 16.6. The third-order valence-corrected chi connectivity index (χ3v) is 5.88. The Morgan fingerprint density at radius 3 is 2.45 bits per heavy atom. The highest BCUT2D eigenvalue weighted by molar-refractivity contribution is 7.86. The molecule has 0 saturated carbocycles. The van der Waals surface area contributed by atoms with Gasteiger partial charge in [0.25, 0.3) is 10.1 Å². The first-order valence-corrected chi connectivity index (χ1v) is 10.1. The first-order valence-electron chi connectivity index (χ1n) is 8.67. The van der Waals surface area contributed by atoms with E-state index in [2.05, 4.69) is 9.97 Å². The van der Waals surface area contributed by atoms with Crippen LogP contribution in [0.2, 0.25) is 0 Å². The quantitative estimate of drug-likeness (QED) is 0.326. The molecule has 29 heavy (non-hydrogen) atoms. The molecule has 0 bridgehead atoms. The molecule has 0 radical (unpaired) electrons. The zero-order valence-electron chi connectivity index (χ0n) is 14.8. The number of rotatable bonds is 2. The molecule has 0 spiro atoms. The van der Waals surface area contributed by atoms with Crippen molar-refractivity contribution in [3.8, 4) is 22.9 Å². The van der Waals surface area contributed by atoms with Crippen LogP contribution in [0.4, 0.5) is 0 Å². The summed E-state index contributed by atoms with van der Waals surface area (Å²) in [5.74, 6) is 0.171. The molecule has 0 saturated heterocycles. The van der Waals surface area contributed by atoms with Gasteiger partial charge in [-0.3, -0.25) is 4.55 Å². The van der Waals surface area contributed by atoms with Crippen LogP contribution in [0, 0.1) is 0 Å². The third kappa shape index (κ3) is 2.61. The SMILES string of the molecule is O=S(=O)(O)c1cc2[nH]c(-c3ccc4ccccc4c3O)nc2c2c(O)cccc12. The molecule has 0 atom stereocenters. The summed E-state index contributed by atoms with van der Waals surface area (Å²) >= 11 is 0. The number of H-pyrrole nitrogens is 1. The Morgan fingerprint density at radius 1 is 0.897 bits per heavy atom. The Bertz CT molecular complexity index is 1550. The van der Waals surface area contributed by atoms with E-state index in [4.69, 9.17) is 0 Å². The molecular formula is C21H14N2O5S. The summed E-state index contributed by atoms with van der Waals surface area (Å²) in [4.78, 5) is 7.16. The molecule has 5 rings (SSSR count). The smallest absolute Gasteiger partial charge is 0.295 e. The van der Waals surface area contributed by atoms with E-state index in [1.54, 1.807) is 12.1 Å². The van der Waals surface area contributed by atoms with E-state index in [0.717, 1.165) is 5.39 Å². The van der Waals surface area contributed by atoms with Crippen LogP contribution in [-0.4, -0.2) is 33.2 Å². The first-order chi connectivity index (χ1) is 13.8. The average Bonchev–Trinajstić information content (AvgIpc) is 3.11. The normalized spacial score (nSPS) is 12.2. The molecule has 1 heterocycles. The number of imidazole rings is 1. The summed E-state index contributed by atoms with van der Waals surface area (Å²) in [6.45, 7) is 0. The lowest BCUT2D eigenvalue weighted by molar-refractivity contribution is 0.481. The lowest BCUT2D eigenvalue weighted by Gasteiger charge is -2.06. The summed E-state index contributed by atoms with van der Waals surface area (Å²) in [7, 11) is -4.54. The topological polar surface area (TPSA) is 124 Å². The Balaban J connectivity index is 1.87. The number of fused-ring (bicyclic) bond motifs is 4. The van der Waals surface area contributed by atoms with Crippen molar-refractivity contribution in [1.82, 2.24) is 9.97 Å². The fourth-order valence-electron chi connectivity index (χ4n) is 3.67. The predicted molar refractivity (Wildman–Crippen MR) is 110 cm³/mol. The van der Waals surface area contributed by atoms with E-state index in [-0.39, 0.29) is 27.2 Å². The highest BCUT2D eigenvalue weighted by atomic mass is 32.2. The van der Waals surface area contributed by atoms with E-state index in [9.17, 15) is 23.2 Å². The van der Waals surface area contributed by atoms with Crippen LogP contribution >= 0.6 is 0 Å². The van der Waals surface area contributed by atoms with Crippen molar-refractivity contribution in [3.05, 3.63) is 60.7 Å². The summed E-state index contributed by atoms with van der Waals surface area (Å²) < 4.78 is 33.4. The maximum absolute atomic E-state index is 11.9. The van der Waals surface area contributed by atoms with Gasteiger partial charge in [0, 0.05) is 10.8 Å². The molecule has 7 nitrogen and oxygen atoms in total. The van der Waals surface area contributed by atoms with Gasteiger partial charge in [0.15, 0.2) is 0 Å². The van der Waals surface area contributed by atoms with Gasteiger partial charge in [0.1, 0.15) is 27.7 Å². The van der Waals surface area contributed by atoms with Crippen LogP contribution in [0.15, 0.2) is 65.6 Å². The largest absolute Gasteiger partial charge is 0.507 e. The van der Waals surface area contributed by atoms with Gasteiger partial charge >= 0.3 is 0 Å². The van der Waals surface area contributed by atoms with Crippen LogP contribution in [0.5, 0.6) is 11.5 Å². The monoisotopic (exact) mass is 406 g/mol.